The molecule has 2 aromatic rings. The number of carbonyl (C=O) groups excluding carboxylic acids is 1. The molecule has 24 heavy (non-hydrogen) atoms. The summed E-state index contributed by atoms with van der Waals surface area (Å²) >= 11 is 0. The molecule has 1 aliphatic heterocycles. The third kappa shape index (κ3) is 2.84. The predicted octanol–water partition coefficient (Wildman–Crippen LogP) is 3.17. The number of oxazole rings is 1. The van der Waals surface area contributed by atoms with Crippen molar-refractivity contribution < 1.29 is 9.21 Å². The Morgan fingerprint density at radius 3 is 2.67 bits per heavy atom. The van der Waals surface area contributed by atoms with Gasteiger partial charge in [-0.25, -0.2) is 4.98 Å². The Bertz CT molecular complexity index is 736. The molecule has 1 aromatic heterocycles. The van der Waals surface area contributed by atoms with Gasteiger partial charge in [0, 0.05) is 30.1 Å². The number of rotatable bonds is 3. The van der Waals surface area contributed by atoms with Crippen LogP contribution in [0, 0.1) is 0 Å². The number of hydrogen-bond acceptors (Lipinski definition) is 4. The molecular weight excluding hydrogens is 302 g/mol. The lowest BCUT2D eigenvalue weighted by atomic mass is 9.98. The van der Waals surface area contributed by atoms with Gasteiger partial charge in [0.05, 0.1) is 0 Å². The monoisotopic (exact) mass is 325 g/mol. The van der Waals surface area contributed by atoms with Crippen molar-refractivity contribution in [3.05, 3.63) is 41.8 Å². The standard InChI is InChI=1S/C19H23N3O2/c1-12-11-15(20)9-10-22(12)19(23)16-17(13-7-8-13)24-18(21-16)14-5-3-2-4-6-14/h2-6,12-13,15H,7-11,20H2,1H3. The van der Waals surface area contributed by atoms with Gasteiger partial charge in [-0.1, -0.05) is 18.2 Å². The first-order valence-electron chi connectivity index (χ1n) is 8.76. The fourth-order valence-corrected chi connectivity index (χ4v) is 3.46. The molecule has 2 unspecified atom stereocenters. The van der Waals surface area contributed by atoms with Gasteiger partial charge in [-0.05, 0) is 44.7 Å². The molecular formula is C19H23N3O2. The minimum atomic E-state index is -0.0118. The molecule has 1 amide bonds. The third-order valence-corrected chi connectivity index (χ3v) is 5.00. The summed E-state index contributed by atoms with van der Waals surface area (Å²) in [5.74, 6) is 1.64. The summed E-state index contributed by atoms with van der Waals surface area (Å²) in [5, 5.41) is 0. The molecule has 126 valence electrons. The zero-order valence-corrected chi connectivity index (χ0v) is 13.9. The van der Waals surface area contributed by atoms with Crippen molar-refractivity contribution >= 4 is 5.91 Å². The molecule has 2 fully saturated rings. The van der Waals surface area contributed by atoms with Crippen molar-refractivity contribution in [1.82, 2.24) is 9.88 Å². The maximum atomic E-state index is 13.1. The molecule has 1 aromatic carbocycles. The topological polar surface area (TPSA) is 72.4 Å². The highest BCUT2D eigenvalue weighted by Gasteiger charge is 2.37. The lowest BCUT2D eigenvalue weighted by Gasteiger charge is -2.36. The van der Waals surface area contributed by atoms with Crippen LogP contribution in [0.3, 0.4) is 0 Å². The van der Waals surface area contributed by atoms with Gasteiger partial charge in [-0.2, -0.15) is 0 Å². The molecule has 2 heterocycles. The van der Waals surface area contributed by atoms with E-state index in [1.54, 1.807) is 0 Å². The number of benzene rings is 1. The Morgan fingerprint density at radius 2 is 2.00 bits per heavy atom. The largest absolute Gasteiger partial charge is 0.440 e. The van der Waals surface area contributed by atoms with Gasteiger partial charge in [0.25, 0.3) is 5.91 Å². The van der Waals surface area contributed by atoms with Crippen LogP contribution < -0.4 is 5.73 Å². The minimum Gasteiger partial charge on any atom is -0.440 e. The fraction of sp³-hybridized carbons (Fsp3) is 0.474. The maximum absolute atomic E-state index is 13.1. The van der Waals surface area contributed by atoms with Crippen molar-refractivity contribution in [3.63, 3.8) is 0 Å². The second-order valence-electron chi connectivity index (χ2n) is 7.00. The highest BCUT2D eigenvalue weighted by atomic mass is 16.4. The highest BCUT2D eigenvalue weighted by Crippen LogP contribution is 2.43. The van der Waals surface area contributed by atoms with Crippen LogP contribution in [0.15, 0.2) is 34.7 Å². The zero-order valence-electron chi connectivity index (χ0n) is 13.9. The average Bonchev–Trinajstić information content (AvgIpc) is 3.33. The number of piperidine rings is 1. The SMILES string of the molecule is CC1CC(N)CCN1C(=O)c1nc(-c2ccccc2)oc1C1CC1. The predicted molar refractivity (Wildman–Crippen MR) is 91.6 cm³/mol. The normalized spacial score (nSPS) is 24.2. The van der Waals surface area contributed by atoms with E-state index >= 15 is 0 Å². The van der Waals surface area contributed by atoms with Crippen LogP contribution in [0.2, 0.25) is 0 Å². The van der Waals surface area contributed by atoms with E-state index in [2.05, 4.69) is 11.9 Å². The van der Waals surface area contributed by atoms with E-state index < -0.39 is 0 Å². The number of aromatic nitrogens is 1. The van der Waals surface area contributed by atoms with Crippen molar-refractivity contribution in [2.24, 2.45) is 5.73 Å². The molecule has 2 atom stereocenters. The van der Waals surface area contributed by atoms with E-state index in [1.807, 2.05) is 35.2 Å². The molecule has 0 bridgehead atoms. The quantitative estimate of drug-likeness (QED) is 0.941. The molecule has 0 radical (unpaired) electrons. The number of nitrogens with two attached hydrogens (primary N) is 1. The van der Waals surface area contributed by atoms with Crippen molar-refractivity contribution in [3.8, 4) is 11.5 Å². The summed E-state index contributed by atoms with van der Waals surface area (Å²) in [4.78, 5) is 19.6. The first-order chi connectivity index (χ1) is 11.6. The lowest BCUT2D eigenvalue weighted by molar-refractivity contribution is 0.0611. The van der Waals surface area contributed by atoms with Crippen LogP contribution in [0.25, 0.3) is 11.5 Å². The Balaban J connectivity index is 1.67. The second-order valence-corrected chi connectivity index (χ2v) is 7.00. The van der Waals surface area contributed by atoms with E-state index in [0.717, 1.165) is 37.0 Å². The van der Waals surface area contributed by atoms with Gasteiger partial charge in [-0.15, -0.1) is 0 Å². The van der Waals surface area contributed by atoms with Crippen molar-refractivity contribution in [2.75, 3.05) is 6.54 Å². The van der Waals surface area contributed by atoms with Crippen molar-refractivity contribution in [2.45, 2.75) is 50.6 Å². The van der Waals surface area contributed by atoms with Crippen LogP contribution in [-0.4, -0.2) is 34.4 Å². The summed E-state index contributed by atoms with van der Waals surface area (Å²) in [5.41, 5.74) is 7.43. The van der Waals surface area contributed by atoms with Crippen molar-refractivity contribution in [1.29, 1.82) is 0 Å². The van der Waals surface area contributed by atoms with Gasteiger partial charge in [0.15, 0.2) is 5.69 Å². The molecule has 2 aliphatic rings. The Hall–Kier alpha value is -2.14. The molecule has 1 aliphatic carbocycles. The van der Waals surface area contributed by atoms with Gasteiger partial charge in [-0.3, -0.25) is 4.79 Å². The van der Waals surface area contributed by atoms with Crippen LogP contribution in [0.5, 0.6) is 0 Å². The summed E-state index contributed by atoms with van der Waals surface area (Å²) in [6.07, 6.45) is 3.83. The summed E-state index contributed by atoms with van der Waals surface area (Å²) in [6.45, 7) is 2.75. The molecule has 4 rings (SSSR count). The summed E-state index contributed by atoms with van der Waals surface area (Å²) < 4.78 is 6.01. The average molecular weight is 325 g/mol. The fourth-order valence-electron chi connectivity index (χ4n) is 3.46. The van der Waals surface area contributed by atoms with E-state index in [9.17, 15) is 4.79 Å². The Morgan fingerprint density at radius 1 is 1.25 bits per heavy atom. The maximum Gasteiger partial charge on any atom is 0.276 e. The summed E-state index contributed by atoms with van der Waals surface area (Å²) in [7, 11) is 0. The summed E-state index contributed by atoms with van der Waals surface area (Å²) in [6, 6.07) is 10.1. The number of hydrogen-bond donors (Lipinski definition) is 1. The lowest BCUT2D eigenvalue weighted by Crippen LogP contribution is -2.48. The third-order valence-electron chi connectivity index (χ3n) is 5.00. The highest BCUT2D eigenvalue weighted by molar-refractivity contribution is 5.94. The van der Waals surface area contributed by atoms with E-state index in [1.165, 1.54) is 0 Å². The second kappa shape index (κ2) is 6.06. The number of amides is 1. The van der Waals surface area contributed by atoms with Gasteiger partial charge in [0.2, 0.25) is 5.89 Å². The minimum absolute atomic E-state index is 0.0118. The van der Waals surface area contributed by atoms with E-state index in [0.29, 0.717) is 24.0 Å². The van der Waals surface area contributed by atoms with E-state index in [-0.39, 0.29) is 18.0 Å². The molecule has 0 spiro atoms. The first kappa shape index (κ1) is 15.4. The number of carbonyl (C=O) groups is 1. The van der Waals surface area contributed by atoms with Gasteiger partial charge >= 0.3 is 0 Å². The van der Waals surface area contributed by atoms with E-state index in [4.69, 9.17) is 10.2 Å². The zero-order chi connectivity index (χ0) is 16.7. The number of likely N-dealkylation sites (tertiary alicyclic amines) is 1. The molecule has 1 saturated heterocycles. The molecule has 5 nitrogen and oxygen atoms in total. The van der Waals surface area contributed by atoms with Gasteiger partial charge in [0.1, 0.15) is 5.76 Å². The van der Waals surface area contributed by atoms with Crippen LogP contribution in [0.1, 0.15) is 54.8 Å². The van der Waals surface area contributed by atoms with Gasteiger partial charge < -0.3 is 15.1 Å². The smallest absolute Gasteiger partial charge is 0.276 e. The Kier molecular flexibility index (Phi) is 3.88. The number of nitrogens with zero attached hydrogens (tertiary/aromatic N) is 2. The molecule has 2 N–H and O–H groups in total. The van der Waals surface area contributed by atoms with Crippen LogP contribution in [0.4, 0.5) is 0 Å². The van der Waals surface area contributed by atoms with Crippen LogP contribution in [-0.2, 0) is 0 Å². The molecule has 5 heteroatoms. The van der Waals surface area contributed by atoms with Crippen LogP contribution >= 0.6 is 0 Å². The Labute approximate surface area is 141 Å². The molecule has 1 saturated carbocycles. The first-order valence-corrected chi connectivity index (χ1v) is 8.76.